The second-order valence-corrected chi connectivity index (χ2v) is 5.32. The van der Waals surface area contributed by atoms with Crippen LogP contribution in [0.15, 0.2) is 35.3 Å². The van der Waals surface area contributed by atoms with Gasteiger partial charge in [-0.25, -0.2) is 4.39 Å². The first kappa shape index (κ1) is 13.9. The largest absolute Gasteiger partial charge is 0.508 e. The van der Waals surface area contributed by atoms with Gasteiger partial charge in [-0.3, -0.25) is 4.99 Å². The Morgan fingerprint density at radius 3 is 2.90 bits per heavy atom. The summed E-state index contributed by atoms with van der Waals surface area (Å²) in [5.41, 5.74) is 3.13. The maximum atomic E-state index is 14.2. The molecule has 3 nitrogen and oxygen atoms in total. The van der Waals surface area contributed by atoms with Gasteiger partial charge in [0.1, 0.15) is 11.6 Å². The van der Waals surface area contributed by atoms with Crippen molar-refractivity contribution in [3.05, 3.63) is 57.9 Å². The lowest BCUT2D eigenvalue weighted by atomic mass is 9.98. The van der Waals surface area contributed by atoms with E-state index >= 15 is 0 Å². The number of fused-ring (bicyclic) bond motifs is 1. The Morgan fingerprint density at radius 1 is 1.29 bits per heavy atom. The first-order chi connectivity index (χ1) is 10.1. The van der Waals surface area contributed by atoms with E-state index < -0.39 is 5.82 Å². The molecule has 0 fully saturated rings. The fourth-order valence-electron chi connectivity index (χ4n) is 2.41. The van der Waals surface area contributed by atoms with Crippen LogP contribution < -0.4 is 5.32 Å². The fraction of sp³-hybridized carbons (Fsp3) is 0.188. The summed E-state index contributed by atoms with van der Waals surface area (Å²) in [6.45, 7) is 3.05. The highest BCUT2D eigenvalue weighted by molar-refractivity contribution is 6.37. The van der Waals surface area contributed by atoms with E-state index in [1.54, 1.807) is 0 Å². The average Bonchev–Trinajstić information content (AvgIpc) is 2.68. The minimum absolute atomic E-state index is 0.00312. The topological polar surface area (TPSA) is 44.6 Å². The van der Waals surface area contributed by atoms with E-state index in [4.69, 9.17) is 11.6 Å². The predicted octanol–water partition coefficient (Wildman–Crippen LogP) is 3.76. The predicted molar refractivity (Wildman–Crippen MR) is 83.2 cm³/mol. The van der Waals surface area contributed by atoms with Crippen LogP contribution >= 0.6 is 11.6 Å². The van der Waals surface area contributed by atoms with E-state index in [1.807, 2.05) is 19.1 Å². The Kier molecular flexibility index (Phi) is 3.55. The monoisotopic (exact) mass is 304 g/mol. The maximum absolute atomic E-state index is 14.2. The Bertz CT molecular complexity index is 743. The van der Waals surface area contributed by atoms with Gasteiger partial charge in [0.05, 0.1) is 17.3 Å². The summed E-state index contributed by atoms with van der Waals surface area (Å²) in [6.07, 6.45) is 0. The Morgan fingerprint density at radius 2 is 2.10 bits per heavy atom. The zero-order valence-corrected chi connectivity index (χ0v) is 12.2. The van der Waals surface area contributed by atoms with Crippen molar-refractivity contribution in [3.8, 4) is 5.75 Å². The molecule has 2 N–H and O–H groups in total. The smallest absolute Gasteiger partial charge is 0.132 e. The van der Waals surface area contributed by atoms with Gasteiger partial charge >= 0.3 is 0 Å². The molecule has 0 aromatic heterocycles. The standard InChI is InChI=1S/C16H14ClFN2O/c1-9-2-5-13-14(15(9)17)16(20-7-6-19-13)11-8-10(21)3-4-12(11)18/h2-5,8,19,21H,6-7H2,1H3. The summed E-state index contributed by atoms with van der Waals surface area (Å²) in [4.78, 5) is 4.46. The molecule has 0 aliphatic carbocycles. The van der Waals surface area contributed by atoms with Crippen molar-refractivity contribution >= 4 is 23.0 Å². The summed E-state index contributed by atoms with van der Waals surface area (Å²) in [5.74, 6) is -0.436. The SMILES string of the molecule is Cc1ccc2c(c1Cl)C(c1cc(O)ccc1F)=NCCN2. The minimum atomic E-state index is -0.433. The molecule has 1 aliphatic heterocycles. The van der Waals surface area contributed by atoms with Crippen molar-refractivity contribution in [2.75, 3.05) is 18.4 Å². The molecule has 0 saturated carbocycles. The first-order valence-corrected chi connectivity index (χ1v) is 7.02. The molecule has 1 aliphatic rings. The van der Waals surface area contributed by atoms with Gasteiger partial charge in [0.2, 0.25) is 0 Å². The van der Waals surface area contributed by atoms with Crippen molar-refractivity contribution < 1.29 is 9.50 Å². The number of phenolic OH excluding ortho intramolecular Hbond substituents is 1. The normalized spacial score (nSPS) is 14.0. The average molecular weight is 305 g/mol. The number of nitrogens with one attached hydrogen (secondary N) is 1. The molecule has 0 atom stereocenters. The van der Waals surface area contributed by atoms with Crippen molar-refractivity contribution in [2.45, 2.75) is 6.92 Å². The van der Waals surface area contributed by atoms with E-state index in [0.29, 0.717) is 29.4 Å². The number of benzene rings is 2. The molecule has 5 heteroatoms. The zero-order chi connectivity index (χ0) is 15.0. The molecule has 0 bridgehead atoms. The van der Waals surface area contributed by atoms with Crippen molar-refractivity contribution in [1.82, 2.24) is 0 Å². The molecule has 0 saturated heterocycles. The summed E-state index contributed by atoms with van der Waals surface area (Å²) in [6, 6.07) is 7.75. The molecule has 0 unspecified atom stereocenters. The number of benzodiazepines with no additional fused rings is 1. The highest BCUT2D eigenvalue weighted by Crippen LogP contribution is 2.33. The summed E-state index contributed by atoms with van der Waals surface area (Å²) in [5, 5.41) is 13.4. The molecule has 2 aromatic rings. The minimum Gasteiger partial charge on any atom is -0.508 e. The van der Waals surface area contributed by atoms with E-state index in [2.05, 4.69) is 10.3 Å². The number of aryl methyl sites for hydroxylation is 1. The highest BCUT2D eigenvalue weighted by atomic mass is 35.5. The van der Waals surface area contributed by atoms with Gasteiger partial charge in [0, 0.05) is 23.4 Å². The van der Waals surface area contributed by atoms with Gasteiger partial charge in [0.25, 0.3) is 0 Å². The van der Waals surface area contributed by atoms with Gasteiger partial charge in [-0.2, -0.15) is 0 Å². The van der Waals surface area contributed by atoms with Gasteiger partial charge in [-0.05, 0) is 36.8 Å². The van der Waals surface area contributed by atoms with Crippen molar-refractivity contribution in [1.29, 1.82) is 0 Å². The zero-order valence-electron chi connectivity index (χ0n) is 11.5. The van der Waals surface area contributed by atoms with Crippen molar-refractivity contribution in [3.63, 3.8) is 0 Å². The van der Waals surface area contributed by atoms with E-state index in [1.165, 1.54) is 18.2 Å². The third-order valence-electron chi connectivity index (χ3n) is 3.47. The van der Waals surface area contributed by atoms with Crippen LogP contribution in [0.25, 0.3) is 0 Å². The van der Waals surface area contributed by atoms with Gasteiger partial charge in [0.15, 0.2) is 0 Å². The van der Waals surface area contributed by atoms with Crippen LogP contribution in [-0.4, -0.2) is 23.9 Å². The number of halogens is 2. The molecule has 3 rings (SSSR count). The number of hydrogen-bond acceptors (Lipinski definition) is 3. The fourth-order valence-corrected chi connectivity index (χ4v) is 2.67. The number of aliphatic imine (C=N–C) groups is 1. The lowest BCUT2D eigenvalue weighted by Crippen LogP contribution is -2.09. The van der Waals surface area contributed by atoms with Crippen LogP contribution in [0.1, 0.15) is 16.7 Å². The van der Waals surface area contributed by atoms with Gasteiger partial charge < -0.3 is 10.4 Å². The molecule has 1 heterocycles. The number of aromatic hydroxyl groups is 1. The molecule has 0 amide bonds. The van der Waals surface area contributed by atoms with E-state index in [0.717, 1.165) is 11.3 Å². The quantitative estimate of drug-likeness (QED) is 0.842. The summed E-state index contributed by atoms with van der Waals surface area (Å²) in [7, 11) is 0. The van der Waals surface area contributed by atoms with Crippen LogP contribution in [0.2, 0.25) is 5.02 Å². The Labute approximate surface area is 127 Å². The summed E-state index contributed by atoms with van der Waals surface area (Å²) < 4.78 is 14.2. The molecule has 0 spiro atoms. The summed E-state index contributed by atoms with van der Waals surface area (Å²) >= 11 is 6.41. The lowest BCUT2D eigenvalue weighted by molar-refractivity contribution is 0.473. The van der Waals surface area contributed by atoms with Crippen LogP contribution in [0.4, 0.5) is 10.1 Å². The van der Waals surface area contributed by atoms with E-state index in [-0.39, 0.29) is 11.3 Å². The number of phenols is 1. The van der Waals surface area contributed by atoms with Crippen LogP contribution in [0.3, 0.4) is 0 Å². The van der Waals surface area contributed by atoms with Crippen LogP contribution in [0.5, 0.6) is 5.75 Å². The molecular formula is C16H14ClFN2O. The second kappa shape index (κ2) is 5.37. The highest BCUT2D eigenvalue weighted by Gasteiger charge is 2.21. The molecule has 21 heavy (non-hydrogen) atoms. The molecule has 0 radical (unpaired) electrons. The number of nitrogens with zero attached hydrogens (tertiary/aromatic N) is 1. The van der Waals surface area contributed by atoms with E-state index in [9.17, 15) is 9.50 Å². The first-order valence-electron chi connectivity index (χ1n) is 6.64. The lowest BCUT2D eigenvalue weighted by Gasteiger charge is -2.14. The molecule has 2 aromatic carbocycles. The van der Waals surface area contributed by atoms with Crippen LogP contribution in [-0.2, 0) is 0 Å². The number of rotatable bonds is 1. The second-order valence-electron chi connectivity index (χ2n) is 4.94. The maximum Gasteiger partial charge on any atom is 0.132 e. The van der Waals surface area contributed by atoms with Gasteiger partial charge in [-0.1, -0.05) is 17.7 Å². The van der Waals surface area contributed by atoms with Gasteiger partial charge in [-0.15, -0.1) is 0 Å². The molecule has 108 valence electrons. The van der Waals surface area contributed by atoms with Crippen LogP contribution in [0, 0.1) is 12.7 Å². The number of anilines is 1. The Hall–Kier alpha value is -2.07. The van der Waals surface area contributed by atoms with Crippen molar-refractivity contribution in [2.24, 2.45) is 4.99 Å². The number of hydrogen-bond donors (Lipinski definition) is 2. The third kappa shape index (κ3) is 2.47. The Balaban J connectivity index is 2.27. The third-order valence-corrected chi connectivity index (χ3v) is 3.96. The molecular weight excluding hydrogens is 291 g/mol.